The van der Waals surface area contributed by atoms with Crippen LogP contribution in [0.1, 0.15) is 40.1 Å². The van der Waals surface area contributed by atoms with Crippen LogP contribution in [0.25, 0.3) is 33.6 Å². The minimum Gasteiger partial charge on any atom is -0.336 e. The van der Waals surface area contributed by atoms with Gasteiger partial charge in [0, 0.05) is 79.9 Å². The Hall–Kier alpha value is -3.81. The summed E-state index contributed by atoms with van der Waals surface area (Å²) in [6.45, 7) is 1.71. The lowest BCUT2D eigenvalue weighted by atomic mass is 9.53. The number of amides is 1. The van der Waals surface area contributed by atoms with Crippen LogP contribution in [0.2, 0.25) is 0 Å². The number of rotatable bonds is 4. The number of carbonyl (C=O) groups excluding carboxylic acids is 1. The molecule has 1 amide bonds. The van der Waals surface area contributed by atoms with Gasteiger partial charge in [0.15, 0.2) is 5.82 Å². The van der Waals surface area contributed by atoms with Crippen LogP contribution in [-0.4, -0.2) is 52.4 Å². The summed E-state index contributed by atoms with van der Waals surface area (Å²) in [4.78, 5) is 23.5. The minimum absolute atomic E-state index is 0. The van der Waals surface area contributed by atoms with E-state index in [2.05, 4.69) is 43.0 Å². The lowest BCUT2D eigenvalue weighted by molar-refractivity contribution is -0.196. The SMILES string of the molecule is CC(=O)N1C2CC(n3cc(-c4cnc(-c5cccc(-c6cnn(C)c6)c5)nc4)cn3)CC23CC[C@H]13.[HH]. The van der Waals surface area contributed by atoms with Gasteiger partial charge in [-0.3, -0.25) is 14.2 Å². The Kier molecular flexibility index (Phi) is 4.31. The first-order chi connectivity index (χ1) is 17.0. The second-order valence-electron chi connectivity index (χ2n) is 10.3. The van der Waals surface area contributed by atoms with Gasteiger partial charge in [-0.05, 0) is 37.3 Å². The zero-order valence-corrected chi connectivity index (χ0v) is 19.9. The fourth-order valence-corrected chi connectivity index (χ4v) is 6.72. The summed E-state index contributed by atoms with van der Waals surface area (Å²) in [5.74, 6) is 0.916. The molecule has 1 aromatic carbocycles. The van der Waals surface area contributed by atoms with Crippen LogP contribution < -0.4 is 0 Å². The Balaban J connectivity index is 0.00000240. The van der Waals surface area contributed by atoms with Crippen LogP contribution in [0.5, 0.6) is 0 Å². The molecule has 3 aromatic heterocycles. The van der Waals surface area contributed by atoms with Gasteiger partial charge in [0.05, 0.1) is 18.4 Å². The first kappa shape index (κ1) is 20.6. The van der Waals surface area contributed by atoms with E-state index in [1.165, 1.54) is 6.42 Å². The smallest absolute Gasteiger partial charge is 0.219 e. The largest absolute Gasteiger partial charge is 0.336 e. The molecule has 0 N–H and O–H groups in total. The monoisotopic (exact) mass is 467 g/mol. The highest BCUT2D eigenvalue weighted by molar-refractivity contribution is 5.76. The van der Waals surface area contributed by atoms with E-state index in [1.54, 1.807) is 11.6 Å². The first-order valence-electron chi connectivity index (χ1n) is 12.3. The quantitative estimate of drug-likeness (QED) is 0.445. The van der Waals surface area contributed by atoms with Crippen LogP contribution in [0.3, 0.4) is 0 Å². The topological polar surface area (TPSA) is 81.7 Å². The molecule has 178 valence electrons. The van der Waals surface area contributed by atoms with E-state index in [9.17, 15) is 4.79 Å². The van der Waals surface area contributed by atoms with Gasteiger partial charge in [-0.15, -0.1) is 0 Å². The number of aryl methyl sites for hydroxylation is 1. The van der Waals surface area contributed by atoms with Crippen molar-refractivity contribution < 1.29 is 6.22 Å². The Bertz CT molecular complexity index is 1440. The molecule has 4 atom stereocenters. The molecule has 0 radical (unpaired) electrons. The number of piperidine rings is 1. The van der Waals surface area contributed by atoms with E-state index in [-0.39, 0.29) is 7.33 Å². The van der Waals surface area contributed by atoms with E-state index in [1.807, 2.05) is 50.2 Å². The molecule has 4 heterocycles. The third-order valence-electron chi connectivity index (χ3n) is 8.48. The van der Waals surface area contributed by atoms with E-state index in [4.69, 9.17) is 5.10 Å². The van der Waals surface area contributed by atoms with Crippen molar-refractivity contribution in [2.45, 2.75) is 50.7 Å². The molecule has 1 saturated heterocycles. The summed E-state index contributed by atoms with van der Waals surface area (Å²) >= 11 is 0. The molecule has 8 heteroatoms. The average molecular weight is 468 g/mol. The van der Waals surface area contributed by atoms with Crippen molar-refractivity contribution in [1.82, 2.24) is 34.4 Å². The molecular weight excluding hydrogens is 438 g/mol. The number of hydrogen-bond donors (Lipinski definition) is 0. The lowest BCUT2D eigenvalue weighted by Crippen LogP contribution is -2.75. The summed E-state index contributed by atoms with van der Waals surface area (Å²) < 4.78 is 3.90. The molecule has 2 aliphatic carbocycles. The molecule has 1 spiro atoms. The number of carbonyl (C=O) groups is 1. The summed E-state index contributed by atoms with van der Waals surface area (Å²) in [5.41, 5.74) is 5.45. The molecular formula is C27H29N7O. The maximum absolute atomic E-state index is 12.1. The van der Waals surface area contributed by atoms with Crippen molar-refractivity contribution in [3.63, 3.8) is 0 Å². The average Bonchev–Trinajstić information content (AvgIpc) is 3.60. The molecule has 7 rings (SSSR count). The highest BCUT2D eigenvalue weighted by Gasteiger charge is 2.70. The van der Waals surface area contributed by atoms with Gasteiger partial charge in [-0.1, -0.05) is 18.2 Å². The predicted molar refractivity (Wildman–Crippen MR) is 133 cm³/mol. The molecule has 3 aliphatic rings. The van der Waals surface area contributed by atoms with Gasteiger partial charge >= 0.3 is 0 Å². The van der Waals surface area contributed by atoms with Crippen LogP contribution in [0.15, 0.2) is 61.4 Å². The third kappa shape index (κ3) is 3.02. The van der Waals surface area contributed by atoms with Gasteiger partial charge in [-0.25, -0.2) is 9.97 Å². The summed E-state index contributed by atoms with van der Waals surface area (Å²) in [5, 5.41) is 8.96. The van der Waals surface area contributed by atoms with Crippen LogP contribution in [-0.2, 0) is 11.8 Å². The number of hydrogen-bond acceptors (Lipinski definition) is 5. The molecule has 4 aromatic rings. The van der Waals surface area contributed by atoms with Gasteiger partial charge in [-0.2, -0.15) is 10.2 Å². The Morgan fingerprint density at radius 3 is 2.46 bits per heavy atom. The van der Waals surface area contributed by atoms with Gasteiger partial charge in [0.25, 0.3) is 0 Å². The van der Waals surface area contributed by atoms with Gasteiger partial charge < -0.3 is 4.90 Å². The minimum atomic E-state index is 0. The fraction of sp³-hybridized carbons (Fsp3) is 0.370. The predicted octanol–water partition coefficient (Wildman–Crippen LogP) is 4.37. The maximum Gasteiger partial charge on any atom is 0.219 e. The fourth-order valence-electron chi connectivity index (χ4n) is 6.72. The van der Waals surface area contributed by atoms with Crippen LogP contribution in [0.4, 0.5) is 0 Å². The highest BCUT2D eigenvalue weighted by Crippen LogP contribution is 2.67. The summed E-state index contributed by atoms with van der Waals surface area (Å²) in [7, 11) is 1.92. The van der Waals surface area contributed by atoms with Crippen molar-refractivity contribution in [2.75, 3.05) is 0 Å². The van der Waals surface area contributed by atoms with Crippen molar-refractivity contribution >= 4 is 5.91 Å². The molecule has 35 heavy (non-hydrogen) atoms. The number of benzene rings is 1. The van der Waals surface area contributed by atoms with Crippen LogP contribution in [0, 0.1) is 5.41 Å². The zero-order chi connectivity index (χ0) is 23.7. The van der Waals surface area contributed by atoms with E-state index in [0.717, 1.165) is 47.1 Å². The Morgan fingerprint density at radius 2 is 1.74 bits per heavy atom. The molecule has 0 bridgehead atoms. The molecule has 3 unspecified atom stereocenters. The normalized spacial score (nSPS) is 26.6. The van der Waals surface area contributed by atoms with Crippen LogP contribution >= 0.6 is 0 Å². The number of aromatic nitrogens is 6. The highest BCUT2D eigenvalue weighted by atomic mass is 16.2. The molecule has 3 fully saturated rings. The van der Waals surface area contributed by atoms with E-state index < -0.39 is 0 Å². The second kappa shape index (κ2) is 7.34. The standard InChI is InChI=1S/C27H27N7O.H2/c1-17(35)34-24-6-7-27(24)10-23(9-25(27)34)33-16-22(14-31-33)20-11-28-26(29-12-20)19-5-3-4-18(8-19)21-13-30-32(2)15-21;/h3-5,8,11-16,23-25H,6-7,9-10H2,1-2H3;1H/t23?,24-,25?,27?;/m0./s1. The molecule has 1 aliphatic heterocycles. The number of nitrogens with zero attached hydrogens (tertiary/aromatic N) is 7. The zero-order valence-electron chi connectivity index (χ0n) is 19.9. The Morgan fingerprint density at radius 1 is 0.971 bits per heavy atom. The first-order valence-corrected chi connectivity index (χ1v) is 12.3. The molecule has 8 nitrogen and oxygen atoms in total. The van der Waals surface area contributed by atoms with Crippen molar-refractivity contribution in [3.05, 3.63) is 61.4 Å². The summed E-state index contributed by atoms with van der Waals surface area (Å²) in [6.07, 6.45) is 16.1. The Labute approximate surface area is 205 Å². The van der Waals surface area contributed by atoms with Crippen molar-refractivity contribution in [1.29, 1.82) is 0 Å². The van der Waals surface area contributed by atoms with E-state index in [0.29, 0.717) is 29.4 Å². The van der Waals surface area contributed by atoms with E-state index >= 15 is 0 Å². The lowest BCUT2D eigenvalue weighted by Gasteiger charge is -2.68. The summed E-state index contributed by atoms with van der Waals surface area (Å²) in [6, 6.07) is 9.40. The molecule has 2 saturated carbocycles. The maximum atomic E-state index is 12.1. The van der Waals surface area contributed by atoms with Crippen molar-refractivity contribution in [2.24, 2.45) is 12.5 Å². The third-order valence-corrected chi connectivity index (χ3v) is 8.48. The van der Waals surface area contributed by atoms with Gasteiger partial charge in [0.1, 0.15) is 0 Å². The second-order valence-corrected chi connectivity index (χ2v) is 10.3. The van der Waals surface area contributed by atoms with Gasteiger partial charge in [0.2, 0.25) is 5.91 Å². The number of likely N-dealkylation sites (tertiary alicyclic amines) is 1. The van der Waals surface area contributed by atoms with Crippen molar-refractivity contribution in [3.8, 4) is 33.6 Å².